The highest BCUT2D eigenvalue weighted by atomic mass is 16.2. The van der Waals surface area contributed by atoms with E-state index >= 15 is 0 Å². The molecule has 1 amide bonds. The van der Waals surface area contributed by atoms with E-state index in [4.69, 9.17) is 0 Å². The van der Waals surface area contributed by atoms with Gasteiger partial charge in [0.2, 0.25) is 5.91 Å². The monoisotopic (exact) mass is 398 g/mol. The zero-order valence-corrected chi connectivity index (χ0v) is 17.6. The van der Waals surface area contributed by atoms with Crippen LogP contribution >= 0.6 is 0 Å². The zero-order chi connectivity index (χ0) is 21.4. The summed E-state index contributed by atoms with van der Waals surface area (Å²) in [5.41, 5.74) is 1.92. The van der Waals surface area contributed by atoms with Gasteiger partial charge in [-0.1, -0.05) is 56.0 Å². The minimum atomic E-state index is -0.697. The predicted octanol–water partition coefficient (Wildman–Crippen LogP) is 3.03. The fourth-order valence-corrected chi connectivity index (χ4v) is 3.14. The van der Waals surface area contributed by atoms with Crippen molar-refractivity contribution in [2.24, 2.45) is 5.92 Å². The molecule has 0 saturated heterocycles. The molecule has 1 heterocycles. The third-order valence-electron chi connectivity index (χ3n) is 4.93. The van der Waals surface area contributed by atoms with Gasteiger partial charge < -0.3 is 10.3 Å². The first-order valence-corrected chi connectivity index (χ1v) is 10.1. The third kappa shape index (κ3) is 6.62. The van der Waals surface area contributed by atoms with E-state index in [-0.39, 0.29) is 22.9 Å². The number of hydrogen-bond donors (Lipinski definition) is 2. The van der Waals surface area contributed by atoms with Crippen LogP contribution < -0.4 is 10.9 Å². The first-order chi connectivity index (χ1) is 13.8. The maximum Gasteiger partial charge on any atom is 0.275 e. The Kier molecular flexibility index (Phi) is 8.24. The summed E-state index contributed by atoms with van der Waals surface area (Å²) in [7, 11) is 0. The van der Waals surface area contributed by atoms with Gasteiger partial charge in [0.1, 0.15) is 17.3 Å². The second kappa shape index (κ2) is 10.6. The standard InChI is InChI=1S/C22H30N4O3/c1-5-6-7-8-18(16(4)27)21(28)23-15(3)20-22(29)24-19(25-26-20)13-17-11-9-14(2)10-12-17/h9-12,15,18H,5-8,13H2,1-4H3,(H,23,28)(H,24,25,29). The summed E-state index contributed by atoms with van der Waals surface area (Å²) >= 11 is 0. The Morgan fingerprint density at radius 1 is 1.14 bits per heavy atom. The van der Waals surface area contributed by atoms with Crippen molar-refractivity contribution >= 4 is 11.7 Å². The van der Waals surface area contributed by atoms with Crippen LogP contribution in [-0.4, -0.2) is 26.9 Å². The van der Waals surface area contributed by atoms with Gasteiger partial charge in [0.25, 0.3) is 5.56 Å². The van der Waals surface area contributed by atoms with Crippen molar-refractivity contribution in [3.8, 4) is 0 Å². The van der Waals surface area contributed by atoms with Gasteiger partial charge in [-0.3, -0.25) is 14.4 Å². The van der Waals surface area contributed by atoms with Gasteiger partial charge in [0.05, 0.1) is 12.0 Å². The number of hydrogen-bond acceptors (Lipinski definition) is 5. The van der Waals surface area contributed by atoms with E-state index in [1.54, 1.807) is 6.92 Å². The minimum absolute atomic E-state index is 0.127. The molecule has 29 heavy (non-hydrogen) atoms. The van der Waals surface area contributed by atoms with Gasteiger partial charge >= 0.3 is 0 Å². The number of aromatic amines is 1. The molecule has 156 valence electrons. The van der Waals surface area contributed by atoms with Gasteiger partial charge in [-0.15, -0.1) is 10.2 Å². The largest absolute Gasteiger partial charge is 0.347 e. The number of ketones is 1. The summed E-state index contributed by atoms with van der Waals surface area (Å²) in [6.07, 6.45) is 3.78. The topological polar surface area (TPSA) is 105 Å². The van der Waals surface area contributed by atoms with Crippen LogP contribution in [0.2, 0.25) is 0 Å². The summed E-state index contributed by atoms with van der Waals surface area (Å²) in [5.74, 6) is -0.774. The number of unbranched alkanes of at least 4 members (excludes halogenated alkanes) is 2. The van der Waals surface area contributed by atoms with Crippen molar-refractivity contribution in [2.75, 3.05) is 0 Å². The highest BCUT2D eigenvalue weighted by Gasteiger charge is 2.25. The maximum absolute atomic E-state index is 12.5. The smallest absolute Gasteiger partial charge is 0.275 e. The molecule has 7 heteroatoms. The van der Waals surface area contributed by atoms with E-state index in [0.717, 1.165) is 30.4 Å². The number of nitrogens with zero attached hydrogens (tertiary/aromatic N) is 2. The Labute approximate surface area is 171 Å². The SMILES string of the molecule is CCCCCC(C(C)=O)C(=O)NC(C)c1nnc(Cc2ccc(C)cc2)[nH]c1=O. The molecule has 2 unspecified atom stereocenters. The van der Waals surface area contributed by atoms with Gasteiger partial charge in [-0.2, -0.15) is 0 Å². The molecule has 0 bridgehead atoms. The van der Waals surface area contributed by atoms with Crippen molar-refractivity contribution in [1.29, 1.82) is 0 Å². The normalized spacial score (nSPS) is 13.0. The van der Waals surface area contributed by atoms with Crippen molar-refractivity contribution in [1.82, 2.24) is 20.5 Å². The number of carbonyl (C=O) groups is 2. The zero-order valence-electron chi connectivity index (χ0n) is 17.6. The van der Waals surface area contributed by atoms with Gasteiger partial charge in [-0.05, 0) is 32.8 Å². The molecule has 0 radical (unpaired) electrons. The Balaban J connectivity index is 2.05. The Hall–Kier alpha value is -2.83. The van der Waals surface area contributed by atoms with E-state index < -0.39 is 12.0 Å². The maximum atomic E-state index is 12.5. The molecule has 0 aliphatic carbocycles. The molecule has 0 aliphatic rings. The number of amides is 1. The summed E-state index contributed by atoms with van der Waals surface area (Å²) in [5, 5.41) is 10.9. The molecule has 1 aromatic carbocycles. The molecule has 0 aliphatic heterocycles. The lowest BCUT2D eigenvalue weighted by Crippen LogP contribution is -2.38. The van der Waals surface area contributed by atoms with Crippen LogP contribution in [0, 0.1) is 12.8 Å². The quantitative estimate of drug-likeness (QED) is 0.473. The highest BCUT2D eigenvalue weighted by Crippen LogP contribution is 2.14. The summed E-state index contributed by atoms with van der Waals surface area (Å²) in [4.78, 5) is 39.5. The van der Waals surface area contributed by atoms with Crippen molar-refractivity contribution in [2.45, 2.75) is 65.8 Å². The Bertz CT molecular complexity index is 890. The number of benzene rings is 1. The average Bonchev–Trinajstić information content (AvgIpc) is 2.66. The van der Waals surface area contributed by atoms with Crippen LogP contribution in [0.1, 0.15) is 75.1 Å². The van der Waals surface area contributed by atoms with Gasteiger partial charge in [0, 0.05) is 6.42 Å². The van der Waals surface area contributed by atoms with E-state index in [0.29, 0.717) is 18.7 Å². The molecule has 0 spiro atoms. The van der Waals surface area contributed by atoms with Crippen LogP contribution in [0.15, 0.2) is 29.1 Å². The summed E-state index contributed by atoms with van der Waals surface area (Å²) < 4.78 is 0. The molecule has 2 rings (SSSR count). The molecular formula is C22H30N4O3. The van der Waals surface area contributed by atoms with Crippen LogP contribution in [0.25, 0.3) is 0 Å². The third-order valence-corrected chi connectivity index (χ3v) is 4.93. The summed E-state index contributed by atoms with van der Waals surface area (Å²) in [6, 6.07) is 7.32. The van der Waals surface area contributed by atoms with Crippen molar-refractivity contribution in [3.63, 3.8) is 0 Å². The fourth-order valence-electron chi connectivity index (χ4n) is 3.14. The fraction of sp³-hybridized carbons (Fsp3) is 0.500. The molecule has 2 N–H and O–H groups in total. The number of carbonyl (C=O) groups excluding carboxylic acids is 2. The van der Waals surface area contributed by atoms with E-state index in [1.165, 1.54) is 6.92 Å². The second-order valence-corrected chi connectivity index (χ2v) is 7.54. The van der Waals surface area contributed by atoms with Gasteiger partial charge in [-0.25, -0.2) is 0 Å². The molecule has 0 fully saturated rings. The Morgan fingerprint density at radius 2 is 1.83 bits per heavy atom. The first kappa shape index (κ1) is 22.5. The molecular weight excluding hydrogens is 368 g/mol. The van der Waals surface area contributed by atoms with Crippen LogP contribution in [0.4, 0.5) is 0 Å². The second-order valence-electron chi connectivity index (χ2n) is 7.54. The Morgan fingerprint density at radius 3 is 2.41 bits per heavy atom. The van der Waals surface area contributed by atoms with E-state index in [9.17, 15) is 14.4 Å². The summed E-state index contributed by atoms with van der Waals surface area (Å²) in [6.45, 7) is 7.17. The molecule has 1 aromatic heterocycles. The van der Waals surface area contributed by atoms with Crippen molar-refractivity contribution < 1.29 is 9.59 Å². The van der Waals surface area contributed by atoms with E-state index in [1.807, 2.05) is 31.2 Å². The minimum Gasteiger partial charge on any atom is -0.347 e. The van der Waals surface area contributed by atoms with Crippen molar-refractivity contribution in [3.05, 3.63) is 57.3 Å². The number of nitrogens with one attached hydrogen (secondary N) is 2. The van der Waals surface area contributed by atoms with Crippen LogP contribution in [0.5, 0.6) is 0 Å². The predicted molar refractivity (Wildman–Crippen MR) is 112 cm³/mol. The van der Waals surface area contributed by atoms with Gasteiger partial charge in [0.15, 0.2) is 0 Å². The molecule has 2 aromatic rings. The lowest BCUT2D eigenvalue weighted by Gasteiger charge is -2.17. The number of aryl methyl sites for hydroxylation is 1. The molecule has 7 nitrogen and oxygen atoms in total. The molecule has 0 saturated carbocycles. The highest BCUT2D eigenvalue weighted by molar-refractivity contribution is 6.00. The average molecular weight is 399 g/mol. The van der Waals surface area contributed by atoms with Crippen LogP contribution in [0.3, 0.4) is 0 Å². The number of Topliss-reactive ketones (excluding diaryl/α,β-unsaturated/α-hetero) is 1. The number of aromatic nitrogens is 3. The lowest BCUT2D eigenvalue weighted by molar-refractivity contribution is -0.133. The lowest BCUT2D eigenvalue weighted by atomic mass is 9.96. The number of rotatable bonds is 10. The van der Waals surface area contributed by atoms with E-state index in [2.05, 4.69) is 27.4 Å². The molecule has 2 atom stereocenters. The first-order valence-electron chi connectivity index (χ1n) is 10.1. The number of H-pyrrole nitrogens is 1. The van der Waals surface area contributed by atoms with Crippen LogP contribution in [-0.2, 0) is 16.0 Å².